The number of rotatable bonds is 7. The summed E-state index contributed by atoms with van der Waals surface area (Å²) in [7, 11) is 0. The minimum absolute atomic E-state index is 0.0944. The third-order valence-electron chi connectivity index (χ3n) is 5.05. The number of nitrogen functional groups attached to an aromatic ring is 1. The van der Waals surface area contributed by atoms with E-state index in [-0.39, 0.29) is 12.5 Å². The van der Waals surface area contributed by atoms with Crippen LogP contribution in [0, 0.1) is 0 Å². The molecule has 5 nitrogen and oxygen atoms in total. The Kier molecular flexibility index (Phi) is 6.48. The van der Waals surface area contributed by atoms with Crippen molar-refractivity contribution < 1.29 is 4.79 Å². The second-order valence-corrected chi connectivity index (χ2v) is 8.11. The lowest BCUT2D eigenvalue weighted by Crippen LogP contribution is -2.28. The van der Waals surface area contributed by atoms with Gasteiger partial charge < -0.3 is 15.6 Å². The first-order valence-corrected chi connectivity index (χ1v) is 10.9. The molecule has 0 radical (unpaired) electrons. The first-order valence-electron chi connectivity index (χ1n) is 10.1. The summed E-state index contributed by atoms with van der Waals surface area (Å²) in [5, 5.41) is 2.97. The zero-order chi connectivity index (χ0) is 21.6. The summed E-state index contributed by atoms with van der Waals surface area (Å²) in [4.78, 5) is 17.4. The molecular weight excluding hydrogens is 452 g/mol. The fourth-order valence-corrected chi connectivity index (χ4v) is 4.02. The van der Waals surface area contributed by atoms with Crippen molar-refractivity contribution >= 4 is 27.8 Å². The fourth-order valence-electron chi connectivity index (χ4n) is 3.54. The van der Waals surface area contributed by atoms with Gasteiger partial charge in [-0.3, -0.25) is 4.79 Å². The van der Waals surface area contributed by atoms with Gasteiger partial charge in [0.1, 0.15) is 6.54 Å². The maximum atomic E-state index is 12.7. The van der Waals surface area contributed by atoms with Crippen molar-refractivity contribution in [2.45, 2.75) is 19.5 Å². The monoisotopic (exact) mass is 474 g/mol. The molecule has 0 bridgehead atoms. The molecule has 156 valence electrons. The van der Waals surface area contributed by atoms with E-state index in [1.165, 1.54) is 0 Å². The summed E-state index contributed by atoms with van der Waals surface area (Å²) in [6, 6.07) is 27.9. The standard InChI is InChI=1S/C25H23BrN4O/c26-21-14-8-7-13-20(21)24-22(15-18-9-3-1-4-10-18)29-25(27)30(24)17-23(31)28-16-19-11-5-2-6-12-19/h1-14H,15-17H2,(H2,27,29)(H,28,31). The highest BCUT2D eigenvalue weighted by Gasteiger charge is 2.21. The lowest BCUT2D eigenvalue weighted by Gasteiger charge is -2.13. The maximum Gasteiger partial charge on any atom is 0.240 e. The number of hydrogen-bond acceptors (Lipinski definition) is 3. The number of imidazole rings is 1. The smallest absolute Gasteiger partial charge is 0.240 e. The molecule has 31 heavy (non-hydrogen) atoms. The maximum absolute atomic E-state index is 12.7. The van der Waals surface area contributed by atoms with Gasteiger partial charge in [0, 0.05) is 23.0 Å². The molecule has 0 atom stereocenters. The second kappa shape index (κ2) is 9.62. The zero-order valence-electron chi connectivity index (χ0n) is 17.0. The van der Waals surface area contributed by atoms with E-state index in [2.05, 4.69) is 38.4 Å². The summed E-state index contributed by atoms with van der Waals surface area (Å²) in [6.45, 7) is 0.562. The van der Waals surface area contributed by atoms with Crippen LogP contribution in [0.15, 0.2) is 89.4 Å². The lowest BCUT2D eigenvalue weighted by atomic mass is 10.0. The predicted octanol–water partition coefficient (Wildman–Crippen LogP) is 4.80. The number of nitrogens with one attached hydrogen (secondary N) is 1. The summed E-state index contributed by atoms with van der Waals surface area (Å²) in [5.74, 6) is 0.207. The van der Waals surface area contributed by atoms with E-state index in [1.54, 1.807) is 4.57 Å². The van der Waals surface area contributed by atoms with Gasteiger partial charge in [0.25, 0.3) is 0 Å². The van der Waals surface area contributed by atoms with Gasteiger partial charge in [-0.1, -0.05) is 94.8 Å². The van der Waals surface area contributed by atoms with Crippen LogP contribution in [-0.4, -0.2) is 15.5 Å². The number of hydrogen-bond donors (Lipinski definition) is 2. The van der Waals surface area contributed by atoms with Crippen LogP contribution < -0.4 is 11.1 Å². The molecule has 3 N–H and O–H groups in total. The molecule has 1 amide bonds. The molecule has 0 saturated carbocycles. The van der Waals surface area contributed by atoms with Gasteiger partial charge in [-0.2, -0.15) is 0 Å². The Morgan fingerprint density at radius 3 is 2.19 bits per heavy atom. The van der Waals surface area contributed by atoms with E-state index < -0.39 is 0 Å². The van der Waals surface area contributed by atoms with E-state index in [4.69, 9.17) is 5.73 Å². The fraction of sp³-hybridized carbons (Fsp3) is 0.120. The minimum atomic E-state index is -0.118. The molecule has 0 fully saturated rings. The van der Waals surface area contributed by atoms with Crippen molar-refractivity contribution in [1.82, 2.24) is 14.9 Å². The van der Waals surface area contributed by atoms with E-state index in [0.717, 1.165) is 32.6 Å². The van der Waals surface area contributed by atoms with Crippen molar-refractivity contribution in [3.8, 4) is 11.3 Å². The van der Waals surface area contributed by atoms with Crippen molar-refractivity contribution in [2.75, 3.05) is 5.73 Å². The average Bonchev–Trinajstić information content (AvgIpc) is 3.08. The highest BCUT2D eigenvalue weighted by atomic mass is 79.9. The van der Waals surface area contributed by atoms with Crippen molar-refractivity contribution in [3.63, 3.8) is 0 Å². The molecule has 4 rings (SSSR count). The molecule has 6 heteroatoms. The summed E-state index contributed by atoms with van der Waals surface area (Å²) in [6.07, 6.45) is 0.625. The van der Waals surface area contributed by atoms with Crippen LogP contribution in [0.5, 0.6) is 0 Å². The number of nitrogens with two attached hydrogens (primary N) is 1. The Morgan fingerprint density at radius 1 is 0.903 bits per heavy atom. The Bertz CT molecular complexity index is 1170. The van der Waals surface area contributed by atoms with Gasteiger partial charge >= 0.3 is 0 Å². The van der Waals surface area contributed by atoms with E-state index in [0.29, 0.717) is 18.9 Å². The highest BCUT2D eigenvalue weighted by Crippen LogP contribution is 2.33. The molecule has 0 spiro atoms. The summed E-state index contributed by atoms with van der Waals surface area (Å²) >= 11 is 3.64. The van der Waals surface area contributed by atoms with Crippen LogP contribution in [0.1, 0.15) is 16.8 Å². The first-order chi connectivity index (χ1) is 15.1. The van der Waals surface area contributed by atoms with Crippen molar-refractivity contribution in [2.24, 2.45) is 0 Å². The molecular formula is C25H23BrN4O. The van der Waals surface area contributed by atoms with Crippen LogP contribution in [0.2, 0.25) is 0 Å². The predicted molar refractivity (Wildman–Crippen MR) is 127 cm³/mol. The number of benzene rings is 3. The number of amides is 1. The number of anilines is 1. The van der Waals surface area contributed by atoms with Crippen LogP contribution in [-0.2, 0) is 24.3 Å². The third kappa shape index (κ3) is 5.03. The lowest BCUT2D eigenvalue weighted by molar-refractivity contribution is -0.121. The topological polar surface area (TPSA) is 72.9 Å². The third-order valence-corrected chi connectivity index (χ3v) is 5.74. The molecule has 3 aromatic carbocycles. The Balaban J connectivity index is 1.65. The minimum Gasteiger partial charge on any atom is -0.369 e. The number of carbonyl (C=O) groups is 1. The Labute approximate surface area is 190 Å². The quantitative estimate of drug-likeness (QED) is 0.403. The molecule has 0 unspecified atom stereocenters. The SMILES string of the molecule is Nc1nc(Cc2ccccc2)c(-c2ccccc2Br)n1CC(=O)NCc1ccccc1. The van der Waals surface area contributed by atoms with Gasteiger partial charge in [-0.25, -0.2) is 4.98 Å². The first kappa shape index (κ1) is 20.9. The molecule has 0 aliphatic rings. The van der Waals surface area contributed by atoms with Crippen LogP contribution >= 0.6 is 15.9 Å². The van der Waals surface area contributed by atoms with E-state index in [1.807, 2.05) is 72.8 Å². The number of nitrogens with zero attached hydrogens (tertiary/aromatic N) is 2. The Hall–Kier alpha value is -3.38. The summed E-state index contributed by atoms with van der Waals surface area (Å²) in [5.41, 5.74) is 11.1. The molecule has 4 aromatic rings. The average molecular weight is 475 g/mol. The van der Waals surface area contributed by atoms with Crippen LogP contribution in [0.4, 0.5) is 5.95 Å². The molecule has 1 aromatic heterocycles. The van der Waals surface area contributed by atoms with Crippen molar-refractivity contribution in [3.05, 3.63) is 106 Å². The van der Waals surface area contributed by atoms with Crippen LogP contribution in [0.3, 0.4) is 0 Å². The number of halogens is 1. The highest BCUT2D eigenvalue weighted by molar-refractivity contribution is 9.10. The number of carbonyl (C=O) groups excluding carboxylic acids is 1. The van der Waals surface area contributed by atoms with E-state index >= 15 is 0 Å². The zero-order valence-corrected chi connectivity index (χ0v) is 18.5. The molecule has 1 heterocycles. The Morgan fingerprint density at radius 2 is 1.52 bits per heavy atom. The van der Waals surface area contributed by atoms with Gasteiger partial charge in [-0.15, -0.1) is 0 Å². The van der Waals surface area contributed by atoms with Gasteiger partial charge in [0.15, 0.2) is 0 Å². The van der Waals surface area contributed by atoms with Crippen molar-refractivity contribution in [1.29, 1.82) is 0 Å². The molecule has 0 aliphatic heterocycles. The normalized spacial score (nSPS) is 10.7. The largest absolute Gasteiger partial charge is 0.369 e. The second-order valence-electron chi connectivity index (χ2n) is 7.26. The van der Waals surface area contributed by atoms with E-state index in [9.17, 15) is 4.79 Å². The van der Waals surface area contributed by atoms with Gasteiger partial charge in [0.05, 0.1) is 11.4 Å². The summed E-state index contributed by atoms with van der Waals surface area (Å²) < 4.78 is 2.72. The van der Waals surface area contributed by atoms with Gasteiger partial charge in [0.2, 0.25) is 11.9 Å². The molecule has 0 aliphatic carbocycles. The van der Waals surface area contributed by atoms with Gasteiger partial charge in [-0.05, 0) is 17.2 Å². The number of aromatic nitrogens is 2. The molecule has 0 saturated heterocycles. The van der Waals surface area contributed by atoms with Crippen LogP contribution in [0.25, 0.3) is 11.3 Å².